The maximum Gasteiger partial charge on any atom is 0.273 e. The highest BCUT2D eigenvalue weighted by Gasteiger charge is 2.11. The lowest BCUT2D eigenvalue weighted by atomic mass is 10.1. The van der Waals surface area contributed by atoms with Crippen molar-refractivity contribution in [2.75, 3.05) is 0 Å². The van der Waals surface area contributed by atoms with E-state index in [1.54, 1.807) is 6.07 Å². The molecule has 1 amide bonds. The molecular weight excluding hydrogens is 240 g/mol. The van der Waals surface area contributed by atoms with Crippen LogP contribution >= 0.6 is 0 Å². The van der Waals surface area contributed by atoms with E-state index in [-0.39, 0.29) is 17.4 Å². The van der Waals surface area contributed by atoms with Gasteiger partial charge in [0.25, 0.3) is 5.91 Å². The lowest BCUT2D eigenvalue weighted by Crippen LogP contribution is -2.24. The van der Waals surface area contributed by atoms with E-state index in [9.17, 15) is 9.90 Å². The first-order chi connectivity index (χ1) is 9.22. The second kappa shape index (κ2) is 6.00. The summed E-state index contributed by atoms with van der Waals surface area (Å²) in [4.78, 5) is 15.8. The van der Waals surface area contributed by atoms with Gasteiger partial charge in [0.15, 0.2) is 5.69 Å². The molecule has 0 aliphatic heterocycles. The molecule has 0 saturated heterocycles. The molecule has 0 aliphatic rings. The average molecular weight is 256 g/mol. The molecule has 0 spiro atoms. The van der Waals surface area contributed by atoms with Crippen LogP contribution in [0, 0.1) is 0 Å². The fourth-order valence-electron chi connectivity index (χ4n) is 1.91. The van der Waals surface area contributed by atoms with Gasteiger partial charge in [0, 0.05) is 12.7 Å². The van der Waals surface area contributed by atoms with Crippen LogP contribution in [0.2, 0.25) is 0 Å². The summed E-state index contributed by atoms with van der Waals surface area (Å²) in [5.41, 5.74) is 2.33. The maximum atomic E-state index is 11.9. The summed E-state index contributed by atoms with van der Waals surface area (Å²) < 4.78 is 0. The number of nitrogens with one attached hydrogen (secondary N) is 1. The number of carbonyl (C=O) groups excluding carboxylic acids is 1. The summed E-state index contributed by atoms with van der Waals surface area (Å²) in [6.45, 7) is 2.50. The predicted octanol–water partition coefficient (Wildman–Crippen LogP) is 2.28. The van der Waals surface area contributed by atoms with Crippen LogP contribution in [0.4, 0.5) is 0 Å². The van der Waals surface area contributed by atoms with Crippen molar-refractivity contribution >= 4 is 5.91 Å². The van der Waals surface area contributed by atoms with Crippen molar-refractivity contribution < 1.29 is 9.90 Å². The highest BCUT2D eigenvalue weighted by atomic mass is 16.3. The topological polar surface area (TPSA) is 62.2 Å². The summed E-state index contributed by atoms with van der Waals surface area (Å²) in [5.74, 6) is -0.479. The Labute approximate surface area is 112 Å². The molecule has 1 aromatic heterocycles. The predicted molar refractivity (Wildman–Crippen MR) is 72.9 cm³/mol. The molecule has 98 valence electrons. The minimum atomic E-state index is -0.371. The van der Waals surface area contributed by atoms with Gasteiger partial charge in [-0.1, -0.05) is 31.2 Å². The Morgan fingerprint density at radius 1 is 1.21 bits per heavy atom. The van der Waals surface area contributed by atoms with Crippen LogP contribution in [0.5, 0.6) is 5.75 Å². The Hall–Kier alpha value is -2.36. The zero-order valence-electron chi connectivity index (χ0n) is 10.8. The number of benzene rings is 1. The first-order valence-corrected chi connectivity index (χ1v) is 6.21. The molecule has 4 nitrogen and oxygen atoms in total. The molecule has 1 aromatic carbocycles. The van der Waals surface area contributed by atoms with Gasteiger partial charge in [-0.25, -0.2) is 4.98 Å². The van der Waals surface area contributed by atoms with E-state index in [0.717, 1.165) is 12.0 Å². The van der Waals surface area contributed by atoms with Crippen LogP contribution in [0.3, 0.4) is 0 Å². The Bertz CT molecular complexity index is 582. The lowest BCUT2D eigenvalue weighted by molar-refractivity contribution is 0.0943. The third kappa shape index (κ3) is 3.10. The minimum Gasteiger partial charge on any atom is -0.505 e. The van der Waals surface area contributed by atoms with E-state index < -0.39 is 0 Å². The second-order valence-electron chi connectivity index (χ2n) is 4.18. The molecule has 4 heteroatoms. The monoisotopic (exact) mass is 256 g/mol. The Kier molecular flexibility index (Phi) is 4.13. The molecule has 0 fully saturated rings. The highest BCUT2D eigenvalue weighted by Crippen LogP contribution is 2.13. The number of amides is 1. The molecule has 2 N–H and O–H groups in total. The Balaban J connectivity index is 2.07. The molecule has 0 bridgehead atoms. The number of hydrogen-bond acceptors (Lipinski definition) is 3. The van der Waals surface area contributed by atoms with Gasteiger partial charge in [-0.3, -0.25) is 4.79 Å². The maximum absolute atomic E-state index is 11.9. The first kappa shape index (κ1) is 13.1. The van der Waals surface area contributed by atoms with Gasteiger partial charge in [-0.15, -0.1) is 0 Å². The van der Waals surface area contributed by atoms with Crippen molar-refractivity contribution in [3.05, 3.63) is 59.4 Å². The van der Waals surface area contributed by atoms with Crippen LogP contribution in [0.15, 0.2) is 42.6 Å². The molecule has 0 saturated carbocycles. The van der Waals surface area contributed by atoms with Gasteiger partial charge in [-0.05, 0) is 29.7 Å². The van der Waals surface area contributed by atoms with Crippen molar-refractivity contribution in [2.45, 2.75) is 19.9 Å². The fourth-order valence-corrected chi connectivity index (χ4v) is 1.91. The standard InChI is InChI=1S/C15H16N2O2/c1-2-11-6-3-4-7-12(11)10-17-15(19)14-13(18)8-5-9-16-14/h3-9,18H,2,10H2,1H3,(H,17,19). The smallest absolute Gasteiger partial charge is 0.273 e. The van der Waals surface area contributed by atoms with Gasteiger partial charge < -0.3 is 10.4 Å². The molecule has 1 heterocycles. The molecule has 19 heavy (non-hydrogen) atoms. The number of carbonyl (C=O) groups is 1. The number of aromatic nitrogens is 1. The Morgan fingerprint density at radius 3 is 2.63 bits per heavy atom. The molecule has 0 atom stereocenters. The third-order valence-corrected chi connectivity index (χ3v) is 2.94. The normalized spacial score (nSPS) is 10.2. The van der Waals surface area contributed by atoms with E-state index in [4.69, 9.17) is 0 Å². The zero-order valence-corrected chi connectivity index (χ0v) is 10.8. The number of pyridine rings is 1. The first-order valence-electron chi connectivity index (χ1n) is 6.21. The van der Waals surface area contributed by atoms with E-state index in [0.29, 0.717) is 6.54 Å². The summed E-state index contributed by atoms with van der Waals surface area (Å²) in [5, 5.41) is 12.3. The van der Waals surface area contributed by atoms with Crippen molar-refractivity contribution in [1.29, 1.82) is 0 Å². The molecular formula is C15H16N2O2. The van der Waals surface area contributed by atoms with Gasteiger partial charge in [0.2, 0.25) is 0 Å². The van der Waals surface area contributed by atoms with Gasteiger partial charge >= 0.3 is 0 Å². The quantitative estimate of drug-likeness (QED) is 0.882. The van der Waals surface area contributed by atoms with Crippen molar-refractivity contribution in [3.63, 3.8) is 0 Å². The van der Waals surface area contributed by atoms with E-state index in [2.05, 4.69) is 17.2 Å². The lowest BCUT2D eigenvalue weighted by Gasteiger charge is -2.09. The third-order valence-electron chi connectivity index (χ3n) is 2.94. The number of aromatic hydroxyl groups is 1. The number of hydrogen-bond donors (Lipinski definition) is 2. The summed E-state index contributed by atoms with van der Waals surface area (Å²) in [7, 11) is 0. The largest absolute Gasteiger partial charge is 0.505 e. The summed E-state index contributed by atoms with van der Waals surface area (Å²) >= 11 is 0. The van der Waals surface area contributed by atoms with E-state index in [1.807, 2.05) is 24.3 Å². The average Bonchev–Trinajstić information content (AvgIpc) is 2.45. The Morgan fingerprint density at radius 2 is 1.95 bits per heavy atom. The van der Waals surface area contributed by atoms with E-state index >= 15 is 0 Å². The summed E-state index contributed by atoms with van der Waals surface area (Å²) in [6, 6.07) is 11.0. The van der Waals surface area contributed by atoms with Crippen LogP contribution in [0.1, 0.15) is 28.5 Å². The van der Waals surface area contributed by atoms with Crippen LogP contribution in [0.25, 0.3) is 0 Å². The zero-order chi connectivity index (χ0) is 13.7. The van der Waals surface area contributed by atoms with Crippen LogP contribution < -0.4 is 5.32 Å². The van der Waals surface area contributed by atoms with Crippen molar-refractivity contribution in [3.8, 4) is 5.75 Å². The van der Waals surface area contributed by atoms with Gasteiger partial charge in [-0.2, -0.15) is 0 Å². The fraction of sp³-hybridized carbons (Fsp3) is 0.200. The molecule has 2 rings (SSSR count). The highest BCUT2D eigenvalue weighted by molar-refractivity contribution is 5.94. The van der Waals surface area contributed by atoms with E-state index in [1.165, 1.54) is 17.8 Å². The van der Waals surface area contributed by atoms with Crippen molar-refractivity contribution in [1.82, 2.24) is 10.3 Å². The molecule has 0 aliphatic carbocycles. The molecule has 0 radical (unpaired) electrons. The minimum absolute atomic E-state index is 0.0523. The summed E-state index contributed by atoms with van der Waals surface area (Å²) in [6.07, 6.45) is 2.40. The van der Waals surface area contributed by atoms with Gasteiger partial charge in [0.1, 0.15) is 5.75 Å². The van der Waals surface area contributed by atoms with Crippen LogP contribution in [-0.4, -0.2) is 16.0 Å². The number of nitrogens with zero attached hydrogens (tertiary/aromatic N) is 1. The SMILES string of the molecule is CCc1ccccc1CNC(=O)c1ncccc1O. The molecule has 2 aromatic rings. The van der Waals surface area contributed by atoms with Crippen molar-refractivity contribution in [2.24, 2.45) is 0 Å². The van der Waals surface area contributed by atoms with Crippen LogP contribution in [-0.2, 0) is 13.0 Å². The number of rotatable bonds is 4. The second-order valence-corrected chi connectivity index (χ2v) is 4.18. The molecule has 0 unspecified atom stereocenters. The van der Waals surface area contributed by atoms with Gasteiger partial charge in [0.05, 0.1) is 0 Å². The number of aryl methyl sites for hydroxylation is 1.